The van der Waals surface area contributed by atoms with Crippen LogP contribution in [0.5, 0.6) is 0 Å². The van der Waals surface area contributed by atoms with Crippen LogP contribution in [0, 0.1) is 6.92 Å². The van der Waals surface area contributed by atoms with Crippen molar-refractivity contribution in [3.8, 4) is 0 Å². The van der Waals surface area contributed by atoms with Gasteiger partial charge in [0.15, 0.2) is 0 Å². The Balaban J connectivity index is 1.96. The SMILES string of the molecule is Cc1cccc(CCC(O)c2ccc(Cl)cc2)c1. The summed E-state index contributed by atoms with van der Waals surface area (Å²) in [5.74, 6) is 0. The zero-order valence-electron chi connectivity index (χ0n) is 10.4. The second kappa shape index (κ2) is 6.03. The Kier molecular flexibility index (Phi) is 4.40. The van der Waals surface area contributed by atoms with E-state index in [-0.39, 0.29) is 0 Å². The van der Waals surface area contributed by atoms with Gasteiger partial charge in [-0.3, -0.25) is 0 Å². The Labute approximate surface area is 113 Å². The van der Waals surface area contributed by atoms with Crippen molar-refractivity contribution in [2.45, 2.75) is 25.9 Å². The van der Waals surface area contributed by atoms with E-state index in [1.165, 1.54) is 11.1 Å². The van der Waals surface area contributed by atoms with E-state index in [2.05, 4.69) is 31.2 Å². The summed E-state index contributed by atoms with van der Waals surface area (Å²) in [6.07, 6.45) is 1.18. The number of aliphatic hydroxyl groups excluding tert-OH is 1. The van der Waals surface area contributed by atoms with Gasteiger partial charge < -0.3 is 5.11 Å². The highest BCUT2D eigenvalue weighted by atomic mass is 35.5. The molecule has 0 bridgehead atoms. The quantitative estimate of drug-likeness (QED) is 0.868. The van der Waals surface area contributed by atoms with Crippen molar-refractivity contribution in [3.63, 3.8) is 0 Å². The zero-order valence-corrected chi connectivity index (χ0v) is 11.2. The first kappa shape index (κ1) is 13.1. The molecule has 0 aliphatic rings. The van der Waals surface area contributed by atoms with Crippen LogP contribution in [0.25, 0.3) is 0 Å². The number of aliphatic hydroxyl groups is 1. The molecule has 0 radical (unpaired) electrons. The molecule has 2 heteroatoms. The van der Waals surface area contributed by atoms with Crippen LogP contribution in [-0.2, 0) is 6.42 Å². The van der Waals surface area contributed by atoms with E-state index in [4.69, 9.17) is 11.6 Å². The number of halogens is 1. The van der Waals surface area contributed by atoms with E-state index in [0.29, 0.717) is 5.02 Å². The summed E-state index contributed by atoms with van der Waals surface area (Å²) in [7, 11) is 0. The number of aryl methyl sites for hydroxylation is 2. The van der Waals surface area contributed by atoms with Crippen LogP contribution in [0.3, 0.4) is 0 Å². The molecule has 1 N–H and O–H groups in total. The van der Waals surface area contributed by atoms with Crippen molar-refractivity contribution in [2.24, 2.45) is 0 Å². The maximum atomic E-state index is 10.1. The van der Waals surface area contributed by atoms with E-state index >= 15 is 0 Å². The normalized spacial score (nSPS) is 12.4. The second-order valence-electron chi connectivity index (χ2n) is 4.60. The second-order valence-corrected chi connectivity index (χ2v) is 5.03. The molecule has 0 aliphatic carbocycles. The van der Waals surface area contributed by atoms with Crippen LogP contribution >= 0.6 is 11.6 Å². The molecule has 18 heavy (non-hydrogen) atoms. The van der Waals surface area contributed by atoms with Gasteiger partial charge in [-0.2, -0.15) is 0 Å². The number of hydrogen-bond acceptors (Lipinski definition) is 1. The van der Waals surface area contributed by atoms with Crippen molar-refractivity contribution in [3.05, 3.63) is 70.2 Å². The molecule has 0 aliphatic heterocycles. The molecule has 2 aromatic rings. The highest BCUT2D eigenvalue weighted by molar-refractivity contribution is 6.30. The topological polar surface area (TPSA) is 20.2 Å². The minimum atomic E-state index is -0.428. The largest absolute Gasteiger partial charge is 0.388 e. The predicted molar refractivity (Wildman–Crippen MR) is 75.9 cm³/mol. The number of benzene rings is 2. The van der Waals surface area contributed by atoms with Gasteiger partial charge in [-0.15, -0.1) is 0 Å². The fraction of sp³-hybridized carbons (Fsp3) is 0.250. The van der Waals surface area contributed by atoms with E-state index in [0.717, 1.165) is 18.4 Å². The zero-order chi connectivity index (χ0) is 13.0. The summed E-state index contributed by atoms with van der Waals surface area (Å²) in [6, 6.07) is 15.8. The molecule has 1 unspecified atom stereocenters. The van der Waals surface area contributed by atoms with E-state index in [1.54, 1.807) is 0 Å². The fourth-order valence-corrected chi connectivity index (χ4v) is 2.15. The lowest BCUT2D eigenvalue weighted by molar-refractivity contribution is 0.168. The molecule has 0 aromatic heterocycles. The van der Waals surface area contributed by atoms with Crippen molar-refractivity contribution in [2.75, 3.05) is 0 Å². The van der Waals surface area contributed by atoms with Gasteiger partial charge in [0.2, 0.25) is 0 Å². The maximum absolute atomic E-state index is 10.1. The van der Waals surface area contributed by atoms with Gasteiger partial charge >= 0.3 is 0 Å². The van der Waals surface area contributed by atoms with Crippen LogP contribution in [0.2, 0.25) is 5.02 Å². The van der Waals surface area contributed by atoms with Gasteiger partial charge in [-0.1, -0.05) is 53.6 Å². The lowest BCUT2D eigenvalue weighted by atomic mass is 10.0. The summed E-state index contributed by atoms with van der Waals surface area (Å²) in [5, 5.41) is 10.8. The number of rotatable bonds is 4. The molecule has 2 aromatic carbocycles. The van der Waals surface area contributed by atoms with Gasteiger partial charge in [-0.05, 0) is 43.0 Å². The summed E-state index contributed by atoms with van der Waals surface area (Å²) in [5.41, 5.74) is 3.45. The Morgan fingerprint density at radius 3 is 2.50 bits per heavy atom. The monoisotopic (exact) mass is 260 g/mol. The first-order chi connectivity index (χ1) is 8.65. The third-order valence-corrected chi connectivity index (χ3v) is 3.30. The Morgan fingerprint density at radius 1 is 1.11 bits per heavy atom. The van der Waals surface area contributed by atoms with Crippen molar-refractivity contribution in [1.29, 1.82) is 0 Å². The first-order valence-electron chi connectivity index (χ1n) is 6.14. The van der Waals surface area contributed by atoms with Gasteiger partial charge in [-0.25, -0.2) is 0 Å². The highest BCUT2D eigenvalue weighted by Crippen LogP contribution is 2.21. The standard InChI is InChI=1S/C16H17ClO/c1-12-3-2-4-13(11-12)5-10-16(18)14-6-8-15(17)9-7-14/h2-4,6-9,11,16,18H,5,10H2,1H3. The van der Waals surface area contributed by atoms with Crippen LogP contribution in [-0.4, -0.2) is 5.11 Å². The molecule has 0 saturated heterocycles. The summed E-state index contributed by atoms with van der Waals surface area (Å²) >= 11 is 5.83. The van der Waals surface area contributed by atoms with Crippen molar-refractivity contribution in [1.82, 2.24) is 0 Å². The minimum absolute atomic E-state index is 0.428. The molecule has 0 saturated carbocycles. The average Bonchev–Trinajstić information content (AvgIpc) is 2.37. The summed E-state index contributed by atoms with van der Waals surface area (Å²) in [4.78, 5) is 0. The minimum Gasteiger partial charge on any atom is -0.388 e. The van der Waals surface area contributed by atoms with Crippen molar-refractivity contribution >= 4 is 11.6 Å². The molecule has 0 spiro atoms. The number of hydrogen-bond donors (Lipinski definition) is 1. The van der Waals surface area contributed by atoms with Gasteiger partial charge in [0.1, 0.15) is 0 Å². The molecule has 0 fully saturated rings. The molecule has 1 nitrogen and oxygen atoms in total. The average molecular weight is 261 g/mol. The van der Waals surface area contributed by atoms with Crippen LogP contribution in [0.15, 0.2) is 48.5 Å². The third kappa shape index (κ3) is 3.59. The molecule has 1 atom stereocenters. The van der Waals surface area contributed by atoms with Gasteiger partial charge in [0.25, 0.3) is 0 Å². The highest BCUT2D eigenvalue weighted by Gasteiger charge is 2.07. The Bertz CT molecular complexity index is 505. The van der Waals surface area contributed by atoms with Gasteiger partial charge in [0.05, 0.1) is 6.10 Å². The lowest BCUT2D eigenvalue weighted by Crippen LogP contribution is -1.99. The fourth-order valence-electron chi connectivity index (χ4n) is 2.02. The molecule has 0 heterocycles. The third-order valence-electron chi connectivity index (χ3n) is 3.04. The smallest absolute Gasteiger partial charge is 0.0793 e. The summed E-state index contributed by atoms with van der Waals surface area (Å²) < 4.78 is 0. The Hall–Kier alpha value is -1.31. The van der Waals surface area contributed by atoms with Gasteiger partial charge in [0, 0.05) is 5.02 Å². The van der Waals surface area contributed by atoms with E-state index < -0.39 is 6.10 Å². The van der Waals surface area contributed by atoms with E-state index in [9.17, 15) is 5.11 Å². The first-order valence-corrected chi connectivity index (χ1v) is 6.52. The summed E-state index contributed by atoms with van der Waals surface area (Å²) in [6.45, 7) is 2.08. The van der Waals surface area contributed by atoms with Crippen LogP contribution in [0.1, 0.15) is 29.2 Å². The molecule has 94 valence electrons. The molecular formula is C16H17ClO. The van der Waals surface area contributed by atoms with Crippen LogP contribution < -0.4 is 0 Å². The van der Waals surface area contributed by atoms with Crippen molar-refractivity contribution < 1.29 is 5.11 Å². The predicted octanol–water partition coefficient (Wildman–Crippen LogP) is 4.31. The molecule has 0 amide bonds. The lowest BCUT2D eigenvalue weighted by Gasteiger charge is -2.11. The molecular weight excluding hydrogens is 244 g/mol. The Morgan fingerprint density at radius 2 is 1.83 bits per heavy atom. The molecule has 2 rings (SSSR count). The maximum Gasteiger partial charge on any atom is 0.0793 e. The van der Waals surface area contributed by atoms with E-state index in [1.807, 2.05) is 24.3 Å². The van der Waals surface area contributed by atoms with Crippen LogP contribution in [0.4, 0.5) is 0 Å².